The number of ether oxygens (including phenoxy) is 1. The molecule has 0 bridgehead atoms. The zero-order valence-electron chi connectivity index (χ0n) is 16.9. The van der Waals surface area contributed by atoms with Gasteiger partial charge in [-0.05, 0) is 56.2 Å². The summed E-state index contributed by atoms with van der Waals surface area (Å²) in [6.45, 7) is 2.87. The number of rotatable bonds is 7. The van der Waals surface area contributed by atoms with Gasteiger partial charge < -0.3 is 14.7 Å². The Morgan fingerprint density at radius 1 is 1.26 bits per heavy atom. The number of nitrogens with zero attached hydrogens (tertiary/aromatic N) is 1. The first-order valence-corrected chi connectivity index (χ1v) is 11.3. The predicted octanol–water partition coefficient (Wildman–Crippen LogP) is 3.10. The molecular weight excluding hydrogens is 427 g/mol. The van der Waals surface area contributed by atoms with Crippen LogP contribution in [0.5, 0.6) is 0 Å². The normalized spacial score (nSPS) is 16.6. The van der Waals surface area contributed by atoms with Crippen LogP contribution in [-0.2, 0) is 19.6 Å². The van der Waals surface area contributed by atoms with Crippen LogP contribution in [0.15, 0.2) is 47.4 Å². The number of anilines is 2. The van der Waals surface area contributed by atoms with Crippen molar-refractivity contribution in [3.63, 3.8) is 0 Å². The highest BCUT2D eigenvalue weighted by Crippen LogP contribution is 2.30. The van der Waals surface area contributed by atoms with Crippen molar-refractivity contribution in [3.05, 3.63) is 53.8 Å². The summed E-state index contributed by atoms with van der Waals surface area (Å²) in [7, 11) is -4.10. The maximum Gasteiger partial charge on any atom is 0.337 e. The number of piperidine rings is 1. The second-order valence-electron chi connectivity index (χ2n) is 7.14. The van der Waals surface area contributed by atoms with Gasteiger partial charge in [0, 0.05) is 18.8 Å². The molecule has 1 fully saturated rings. The van der Waals surface area contributed by atoms with Gasteiger partial charge in [-0.2, -0.15) is 0 Å². The molecule has 1 saturated heterocycles. The van der Waals surface area contributed by atoms with Crippen LogP contribution in [0.25, 0.3) is 0 Å². The molecule has 8 nitrogen and oxygen atoms in total. The molecule has 0 amide bonds. The second-order valence-corrected chi connectivity index (χ2v) is 8.82. The Bertz CT molecular complexity index is 1090. The third-order valence-electron chi connectivity index (χ3n) is 4.97. The van der Waals surface area contributed by atoms with E-state index in [1.54, 1.807) is 11.8 Å². The van der Waals surface area contributed by atoms with Crippen molar-refractivity contribution in [3.8, 4) is 0 Å². The standard InChI is InChI=1S/C21H23FN2O6S/c1-2-30-21(27)14-5-4-10-24(13-14)19-9-8-16(12-18(19)20(25)26)23-31(28,29)17-7-3-6-15(22)11-17/h3,6-9,11-12,14,23H,2,4-5,10,13H2,1H3,(H,25,26)/t14-/m0/s1. The van der Waals surface area contributed by atoms with Crippen LogP contribution in [0.2, 0.25) is 0 Å². The maximum atomic E-state index is 13.4. The van der Waals surface area contributed by atoms with Crippen LogP contribution in [0.1, 0.15) is 30.1 Å². The minimum Gasteiger partial charge on any atom is -0.478 e. The lowest BCUT2D eigenvalue weighted by molar-refractivity contribution is -0.148. The number of hydrogen-bond acceptors (Lipinski definition) is 6. The first kappa shape index (κ1) is 22.5. The molecule has 3 rings (SSSR count). The number of benzene rings is 2. The summed E-state index contributed by atoms with van der Waals surface area (Å²) in [4.78, 5) is 25.5. The predicted molar refractivity (Wildman–Crippen MR) is 112 cm³/mol. The number of esters is 1. The van der Waals surface area contributed by atoms with E-state index in [2.05, 4.69) is 4.72 Å². The van der Waals surface area contributed by atoms with Crippen LogP contribution >= 0.6 is 0 Å². The Labute approximate surface area is 179 Å². The number of aromatic carboxylic acids is 1. The van der Waals surface area contributed by atoms with Crippen molar-refractivity contribution in [2.24, 2.45) is 5.92 Å². The topological polar surface area (TPSA) is 113 Å². The van der Waals surface area contributed by atoms with Gasteiger partial charge in [-0.25, -0.2) is 17.6 Å². The fourth-order valence-corrected chi connectivity index (χ4v) is 4.62. The van der Waals surface area contributed by atoms with Crippen molar-refractivity contribution in [1.29, 1.82) is 0 Å². The highest BCUT2D eigenvalue weighted by atomic mass is 32.2. The molecule has 1 aliphatic rings. The molecule has 2 aromatic rings. The molecule has 0 aromatic heterocycles. The van der Waals surface area contributed by atoms with E-state index in [4.69, 9.17) is 4.74 Å². The number of nitrogens with one attached hydrogen (secondary N) is 1. The minimum atomic E-state index is -4.10. The van der Waals surface area contributed by atoms with Crippen LogP contribution in [-0.4, -0.2) is 45.2 Å². The van der Waals surface area contributed by atoms with E-state index < -0.39 is 21.8 Å². The Balaban J connectivity index is 1.86. The Kier molecular flexibility index (Phi) is 6.79. The third kappa shape index (κ3) is 5.32. The molecule has 0 aliphatic carbocycles. The summed E-state index contributed by atoms with van der Waals surface area (Å²) in [5.74, 6) is -2.61. The summed E-state index contributed by atoms with van der Waals surface area (Å²) < 4.78 is 45.8. The van der Waals surface area contributed by atoms with Gasteiger partial charge in [0.1, 0.15) is 5.82 Å². The summed E-state index contributed by atoms with van der Waals surface area (Å²) >= 11 is 0. The van der Waals surface area contributed by atoms with Crippen LogP contribution < -0.4 is 9.62 Å². The number of hydrogen-bond donors (Lipinski definition) is 2. The molecule has 0 unspecified atom stereocenters. The van der Waals surface area contributed by atoms with Crippen LogP contribution in [0.4, 0.5) is 15.8 Å². The molecule has 10 heteroatoms. The van der Waals surface area contributed by atoms with E-state index in [0.29, 0.717) is 31.6 Å². The monoisotopic (exact) mass is 450 g/mol. The van der Waals surface area contributed by atoms with E-state index >= 15 is 0 Å². The largest absolute Gasteiger partial charge is 0.478 e. The molecule has 0 saturated carbocycles. The van der Waals surface area contributed by atoms with E-state index in [9.17, 15) is 27.5 Å². The average molecular weight is 450 g/mol. The van der Waals surface area contributed by atoms with Gasteiger partial charge in [-0.15, -0.1) is 0 Å². The quantitative estimate of drug-likeness (QED) is 0.623. The SMILES string of the molecule is CCOC(=O)[C@H]1CCCN(c2ccc(NS(=O)(=O)c3cccc(F)c3)cc2C(=O)O)C1. The molecule has 0 radical (unpaired) electrons. The van der Waals surface area contributed by atoms with Gasteiger partial charge in [0.05, 0.1) is 28.7 Å². The third-order valence-corrected chi connectivity index (χ3v) is 6.35. The highest BCUT2D eigenvalue weighted by Gasteiger charge is 2.29. The number of sulfonamides is 1. The Morgan fingerprint density at radius 2 is 2.03 bits per heavy atom. The van der Waals surface area contributed by atoms with Crippen molar-refractivity contribution in [2.75, 3.05) is 29.3 Å². The number of carboxylic acids is 1. The number of carbonyl (C=O) groups excluding carboxylic acids is 1. The number of halogens is 1. The lowest BCUT2D eigenvalue weighted by Gasteiger charge is -2.34. The molecule has 31 heavy (non-hydrogen) atoms. The molecule has 2 N–H and O–H groups in total. The Morgan fingerprint density at radius 3 is 2.71 bits per heavy atom. The summed E-state index contributed by atoms with van der Waals surface area (Å²) in [5.41, 5.74) is 0.309. The van der Waals surface area contributed by atoms with Crippen molar-refractivity contribution >= 4 is 33.3 Å². The van der Waals surface area contributed by atoms with Gasteiger partial charge in [-0.3, -0.25) is 9.52 Å². The lowest BCUT2D eigenvalue weighted by Crippen LogP contribution is -2.40. The fraction of sp³-hybridized carbons (Fsp3) is 0.333. The van der Waals surface area contributed by atoms with Crippen molar-refractivity contribution in [1.82, 2.24) is 0 Å². The first-order valence-electron chi connectivity index (χ1n) is 9.78. The lowest BCUT2D eigenvalue weighted by atomic mass is 9.97. The fourth-order valence-electron chi connectivity index (χ4n) is 3.54. The number of carboxylic acid groups (broad SMARTS) is 1. The zero-order valence-corrected chi connectivity index (χ0v) is 17.7. The van der Waals surface area contributed by atoms with Gasteiger partial charge in [-0.1, -0.05) is 6.07 Å². The van der Waals surface area contributed by atoms with E-state index in [1.807, 2.05) is 0 Å². The molecule has 166 valence electrons. The van der Waals surface area contributed by atoms with Gasteiger partial charge in [0.25, 0.3) is 10.0 Å². The van der Waals surface area contributed by atoms with Gasteiger partial charge in [0.15, 0.2) is 0 Å². The zero-order chi connectivity index (χ0) is 22.6. The van der Waals surface area contributed by atoms with E-state index in [0.717, 1.165) is 12.1 Å². The van der Waals surface area contributed by atoms with E-state index in [-0.39, 0.29) is 34.6 Å². The van der Waals surface area contributed by atoms with Gasteiger partial charge in [0.2, 0.25) is 0 Å². The van der Waals surface area contributed by atoms with Crippen LogP contribution in [0.3, 0.4) is 0 Å². The molecule has 2 aromatic carbocycles. The van der Waals surface area contributed by atoms with Crippen molar-refractivity contribution < 1.29 is 32.2 Å². The minimum absolute atomic E-state index is 0.0318. The second kappa shape index (κ2) is 9.34. The average Bonchev–Trinajstić information content (AvgIpc) is 2.73. The number of carbonyl (C=O) groups is 2. The highest BCUT2D eigenvalue weighted by molar-refractivity contribution is 7.92. The van der Waals surface area contributed by atoms with Crippen molar-refractivity contribution in [2.45, 2.75) is 24.7 Å². The van der Waals surface area contributed by atoms with E-state index in [1.165, 1.54) is 30.3 Å². The summed E-state index contributed by atoms with van der Waals surface area (Å²) in [6.07, 6.45) is 1.35. The molecule has 1 atom stereocenters. The van der Waals surface area contributed by atoms with Gasteiger partial charge >= 0.3 is 11.9 Å². The van der Waals surface area contributed by atoms with Crippen LogP contribution in [0, 0.1) is 11.7 Å². The maximum absolute atomic E-state index is 13.4. The first-order chi connectivity index (χ1) is 14.7. The smallest absolute Gasteiger partial charge is 0.337 e. The molecular formula is C21H23FN2O6S. The molecule has 1 heterocycles. The Hall–Kier alpha value is -3.14. The summed E-state index contributed by atoms with van der Waals surface area (Å²) in [5, 5.41) is 9.69. The summed E-state index contributed by atoms with van der Waals surface area (Å²) in [6, 6.07) is 8.65. The molecule has 0 spiro atoms. The molecule has 1 aliphatic heterocycles.